The monoisotopic (exact) mass is 118 g/mol. The van der Waals surface area contributed by atoms with Crippen LogP contribution in [0.1, 0.15) is 6.92 Å². The number of hydrogen-bond acceptors (Lipinski definition) is 3. The Hall–Kier alpha value is -0.120. The molecule has 0 saturated carbocycles. The molecule has 0 radical (unpaired) electrons. The van der Waals surface area contributed by atoms with Crippen molar-refractivity contribution in [2.75, 3.05) is 20.9 Å². The van der Waals surface area contributed by atoms with Crippen molar-refractivity contribution in [1.82, 2.24) is 10.6 Å². The molecule has 0 amide bonds. The second-order valence-electron chi connectivity index (χ2n) is 1.65. The van der Waals surface area contributed by atoms with E-state index in [1.807, 2.05) is 14.0 Å². The van der Waals surface area contributed by atoms with E-state index in [1.54, 1.807) is 7.11 Å². The van der Waals surface area contributed by atoms with Crippen LogP contribution in [-0.2, 0) is 4.74 Å². The van der Waals surface area contributed by atoms with Gasteiger partial charge in [-0.2, -0.15) is 0 Å². The molecule has 1 unspecified atom stereocenters. The predicted octanol–water partition coefficient (Wildman–Crippen LogP) is -0.255. The Kier molecular flexibility index (Phi) is 4.95. The van der Waals surface area contributed by atoms with Crippen LogP contribution in [0.15, 0.2) is 0 Å². The van der Waals surface area contributed by atoms with Gasteiger partial charge in [0.05, 0.1) is 12.9 Å². The van der Waals surface area contributed by atoms with Crippen molar-refractivity contribution in [3.8, 4) is 0 Å². The molecule has 3 nitrogen and oxygen atoms in total. The van der Waals surface area contributed by atoms with E-state index in [0.29, 0.717) is 12.9 Å². The average molecular weight is 118 g/mol. The molecule has 8 heavy (non-hydrogen) atoms. The van der Waals surface area contributed by atoms with Gasteiger partial charge in [-0.25, -0.2) is 0 Å². The maximum atomic E-state index is 4.76. The summed E-state index contributed by atoms with van der Waals surface area (Å²) in [7, 11) is 3.56. The highest BCUT2D eigenvalue weighted by Gasteiger charge is 1.90. The normalized spacial score (nSPS) is 13.9. The highest BCUT2D eigenvalue weighted by molar-refractivity contribution is 4.47. The van der Waals surface area contributed by atoms with E-state index in [9.17, 15) is 0 Å². The van der Waals surface area contributed by atoms with Gasteiger partial charge in [0.15, 0.2) is 0 Å². The van der Waals surface area contributed by atoms with Crippen molar-refractivity contribution < 1.29 is 4.74 Å². The van der Waals surface area contributed by atoms with Crippen LogP contribution >= 0.6 is 0 Å². The van der Waals surface area contributed by atoms with Crippen molar-refractivity contribution in [3.63, 3.8) is 0 Å². The molecular formula is C5H14N2O. The first-order chi connectivity index (χ1) is 3.81. The molecular weight excluding hydrogens is 104 g/mol. The third kappa shape index (κ3) is 4.05. The smallest absolute Gasteiger partial charge is 0.0973 e. The largest absolute Gasteiger partial charge is 0.369 e. The zero-order valence-corrected chi connectivity index (χ0v) is 5.69. The summed E-state index contributed by atoms with van der Waals surface area (Å²) in [6.45, 7) is 2.63. The molecule has 0 aromatic rings. The number of hydrogen-bond donors (Lipinski definition) is 2. The standard InChI is InChI=1S/C5H14N2O/c1-5(6-2)7-4-8-3/h5-7H,4H2,1-3H3. The molecule has 0 fully saturated rings. The van der Waals surface area contributed by atoms with E-state index < -0.39 is 0 Å². The van der Waals surface area contributed by atoms with Crippen molar-refractivity contribution in [2.24, 2.45) is 0 Å². The molecule has 1 atom stereocenters. The fourth-order valence-corrected chi connectivity index (χ4v) is 0.310. The summed E-state index contributed by atoms with van der Waals surface area (Å²) in [6.07, 6.45) is 0.329. The molecule has 3 heteroatoms. The van der Waals surface area contributed by atoms with E-state index in [2.05, 4.69) is 10.6 Å². The summed E-state index contributed by atoms with van der Waals surface area (Å²) >= 11 is 0. The second kappa shape index (κ2) is 5.03. The minimum absolute atomic E-state index is 0.329. The Morgan fingerprint density at radius 2 is 2.25 bits per heavy atom. The Morgan fingerprint density at radius 1 is 1.62 bits per heavy atom. The predicted molar refractivity (Wildman–Crippen MR) is 33.5 cm³/mol. The van der Waals surface area contributed by atoms with Crippen molar-refractivity contribution >= 4 is 0 Å². The molecule has 2 N–H and O–H groups in total. The summed E-state index contributed by atoms with van der Waals surface area (Å²) in [6, 6.07) is 0. The van der Waals surface area contributed by atoms with Gasteiger partial charge >= 0.3 is 0 Å². The van der Waals surface area contributed by atoms with E-state index in [1.165, 1.54) is 0 Å². The van der Waals surface area contributed by atoms with E-state index >= 15 is 0 Å². The fraction of sp³-hybridized carbons (Fsp3) is 1.00. The minimum Gasteiger partial charge on any atom is -0.369 e. The van der Waals surface area contributed by atoms with E-state index in [0.717, 1.165) is 0 Å². The zero-order valence-electron chi connectivity index (χ0n) is 5.69. The first-order valence-electron chi connectivity index (χ1n) is 2.71. The quantitative estimate of drug-likeness (QED) is 0.499. The SMILES string of the molecule is CNC(C)NCOC. The van der Waals surface area contributed by atoms with Gasteiger partial charge in [0, 0.05) is 7.11 Å². The van der Waals surface area contributed by atoms with Gasteiger partial charge in [-0.05, 0) is 14.0 Å². The summed E-state index contributed by atoms with van der Waals surface area (Å²) in [5.74, 6) is 0. The van der Waals surface area contributed by atoms with E-state index in [4.69, 9.17) is 4.74 Å². The van der Waals surface area contributed by atoms with Crippen LogP contribution in [0.25, 0.3) is 0 Å². The zero-order chi connectivity index (χ0) is 6.41. The topological polar surface area (TPSA) is 33.3 Å². The van der Waals surface area contributed by atoms with Crippen LogP contribution in [0.4, 0.5) is 0 Å². The number of ether oxygens (including phenoxy) is 1. The van der Waals surface area contributed by atoms with Gasteiger partial charge in [-0.3, -0.25) is 5.32 Å². The maximum Gasteiger partial charge on any atom is 0.0973 e. The number of methoxy groups -OCH3 is 1. The third-order valence-electron chi connectivity index (χ3n) is 0.967. The van der Waals surface area contributed by atoms with Crippen LogP contribution in [0.3, 0.4) is 0 Å². The first kappa shape index (κ1) is 7.88. The molecule has 0 aliphatic carbocycles. The lowest BCUT2D eigenvalue weighted by Crippen LogP contribution is -2.38. The molecule has 0 heterocycles. The van der Waals surface area contributed by atoms with Gasteiger partial charge in [0.2, 0.25) is 0 Å². The van der Waals surface area contributed by atoms with Crippen LogP contribution in [0.2, 0.25) is 0 Å². The highest BCUT2D eigenvalue weighted by Crippen LogP contribution is 1.68. The van der Waals surface area contributed by atoms with Crippen LogP contribution in [0, 0.1) is 0 Å². The minimum atomic E-state index is 0.329. The molecule has 0 aliphatic rings. The Labute approximate surface area is 50.4 Å². The molecule has 50 valence electrons. The fourth-order valence-electron chi connectivity index (χ4n) is 0.310. The summed E-state index contributed by atoms with van der Waals surface area (Å²) in [5.41, 5.74) is 0. The Bertz CT molecular complexity index is 49.7. The van der Waals surface area contributed by atoms with Crippen LogP contribution < -0.4 is 10.6 Å². The molecule has 0 spiro atoms. The molecule has 0 rings (SSSR count). The molecule has 0 aromatic heterocycles. The van der Waals surface area contributed by atoms with Gasteiger partial charge in [-0.1, -0.05) is 0 Å². The summed E-state index contributed by atoms with van der Waals surface area (Å²) in [5, 5.41) is 6.06. The van der Waals surface area contributed by atoms with Crippen LogP contribution in [0.5, 0.6) is 0 Å². The van der Waals surface area contributed by atoms with Gasteiger partial charge < -0.3 is 10.1 Å². The summed E-state index contributed by atoms with van der Waals surface area (Å²) in [4.78, 5) is 0. The molecule has 0 saturated heterocycles. The second-order valence-corrected chi connectivity index (χ2v) is 1.65. The summed E-state index contributed by atoms with van der Waals surface area (Å²) < 4.78 is 4.76. The van der Waals surface area contributed by atoms with Crippen molar-refractivity contribution in [1.29, 1.82) is 0 Å². The lowest BCUT2D eigenvalue weighted by molar-refractivity contribution is 0.161. The number of rotatable bonds is 4. The Balaban J connectivity index is 2.86. The molecule has 0 bridgehead atoms. The molecule has 0 aromatic carbocycles. The Morgan fingerprint density at radius 3 is 2.62 bits per heavy atom. The maximum absolute atomic E-state index is 4.76. The van der Waals surface area contributed by atoms with Crippen molar-refractivity contribution in [3.05, 3.63) is 0 Å². The highest BCUT2D eigenvalue weighted by atomic mass is 16.5. The average Bonchev–Trinajstić information content (AvgIpc) is 1.83. The van der Waals surface area contributed by atoms with Crippen molar-refractivity contribution in [2.45, 2.75) is 13.1 Å². The number of nitrogens with one attached hydrogen (secondary N) is 2. The van der Waals surface area contributed by atoms with E-state index in [-0.39, 0.29) is 0 Å². The third-order valence-corrected chi connectivity index (χ3v) is 0.967. The van der Waals surface area contributed by atoms with Crippen LogP contribution in [-0.4, -0.2) is 27.1 Å². The lowest BCUT2D eigenvalue weighted by atomic mass is 10.6. The molecule has 0 aliphatic heterocycles. The van der Waals surface area contributed by atoms with Gasteiger partial charge in [0.1, 0.15) is 0 Å². The first-order valence-corrected chi connectivity index (χ1v) is 2.71. The van der Waals surface area contributed by atoms with Gasteiger partial charge in [0.25, 0.3) is 0 Å². The lowest BCUT2D eigenvalue weighted by Gasteiger charge is -2.10. The van der Waals surface area contributed by atoms with Gasteiger partial charge in [-0.15, -0.1) is 0 Å².